The minimum absolute atomic E-state index is 0.237. The topological polar surface area (TPSA) is 21.3 Å². The highest BCUT2D eigenvalue weighted by molar-refractivity contribution is 5.33. The van der Waals surface area contributed by atoms with Crippen LogP contribution in [-0.4, -0.2) is 13.7 Å². The minimum Gasteiger partial charge on any atom is -0.372 e. The molecule has 2 atom stereocenters. The first-order valence-electron chi connectivity index (χ1n) is 4.70. The Labute approximate surface area is 78.9 Å². The van der Waals surface area contributed by atoms with Crippen molar-refractivity contribution in [2.75, 3.05) is 13.7 Å². The molecule has 70 valence electrons. The van der Waals surface area contributed by atoms with E-state index in [1.54, 1.807) is 0 Å². The summed E-state index contributed by atoms with van der Waals surface area (Å²) in [6, 6.07) is 8.82. The molecule has 13 heavy (non-hydrogen) atoms. The molecule has 0 aliphatic carbocycles. The van der Waals surface area contributed by atoms with Crippen LogP contribution in [-0.2, 0) is 4.74 Å². The molecule has 0 aromatic heterocycles. The van der Waals surface area contributed by atoms with Gasteiger partial charge in [0, 0.05) is 0 Å². The normalized spacial score (nSPS) is 26.9. The van der Waals surface area contributed by atoms with Crippen LogP contribution in [0.1, 0.15) is 30.2 Å². The lowest BCUT2D eigenvalue weighted by Gasteiger charge is -2.29. The van der Waals surface area contributed by atoms with Crippen LogP contribution < -0.4 is 5.32 Å². The summed E-state index contributed by atoms with van der Waals surface area (Å²) in [5.41, 5.74) is 2.69. The molecule has 0 saturated carbocycles. The smallest absolute Gasteiger partial charge is 0.0801 e. The molecule has 0 spiro atoms. The number of ether oxygens (including phenoxy) is 1. The van der Waals surface area contributed by atoms with Crippen molar-refractivity contribution in [3.63, 3.8) is 0 Å². The Bertz CT molecular complexity index is 298. The molecule has 2 heteroatoms. The number of hydrogen-bond donors (Lipinski definition) is 1. The molecule has 0 fully saturated rings. The summed E-state index contributed by atoms with van der Waals surface area (Å²) in [5, 5.41) is 3.26. The zero-order valence-corrected chi connectivity index (χ0v) is 8.08. The summed E-state index contributed by atoms with van der Waals surface area (Å²) in [6.45, 7) is 2.87. The third kappa shape index (κ3) is 1.47. The first kappa shape index (κ1) is 8.73. The van der Waals surface area contributed by atoms with Gasteiger partial charge in [-0.3, -0.25) is 0 Å². The van der Waals surface area contributed by atoms with Crippen LogP contribution in [0.4, 0.5) is 0 Å². The lowest BCUT2D eigenvalue weighted by atomic mass is 9.95. The Morgan fingerprint density at radius 1 is 1.31 bits per heavy atom. The fraction of sp³-hybridized carbons (Fsp3) is 0.455. The fourth-order valence-electron chi connectivity index (χ4n) is 1.86. The molecule has 0 saturated heterocycles. The Morgan fingerprint density at radius 3 is 2.69 bits per heavy atom. The van der Waals surface area contributed by atoms with Gasteiger partial charge in [0.1, 0.15) is 0 Å². The first-order valence-corrected chi connectivity index (χ1v) is 4.70. The van der Waals surface area contributed by atoms with E-state index in [1.165, 1.54) is 11.1 Å². The third-order valence-electron chi connectivity index (χ3n) is 2.67. The summed E-state index contributed by atoms with van der Waals surface area (Å²) >= 11 is 0. The standard InChI is InChI=1S/C11H15NO/c1-8-9-5-3-4-6-10(9)11(12-2)7-13-8/h3-6,8,11-12H,7H2,1-2H3/t8-,11+/m0/s1. The number of likely N-dealkylation sites (N-methyl/N-ethyl adjacent to an activating group) is 1. The fourth-order valence-corrected chi connectivity index (χ4v) is 1.86. The molecule has 0 unspecified atom stereocenters. The van der Waals surface area contributed by atoms with Crippen molar-refractivity contribution in [2.24, 2.45) is 0 Å². The van der Waals surface area contributed by atoms with Crippen molar-refractivity contribution in [1.82, 2.24) is 5.32 Å². The zero-order valence-electron chi connectivity index (χ0n) is 8.08. The lowest BCUT2D eigenvalue weighted by molar-refractivity contribution is 0.0346. The van der Waals surface area contributed by atoms with Crippen LogP contribution in [0.25, 0.3) is 0 Å². The van der Waals surface area contributed by atoms with E-state index < -0.39 is 0 Å². The first-order chi connectivity index (χ1) is 6.33. The van der Waals surface area contributed by atoms with Crippen LogP contribution in [0.5, 0.6) is 0 Å². The van der Waals surface area contributed by atoms with E-state index in [4.69, 9.17) is 4.74 Å². The van der Waals surface area contributed by atoms with E-state index in [2.05, 4.69) is 36.5 Å². The number of benzene rings is 1. The second kappa shape index (κ2) is 3.48. The van der Waals surface area contributed by atoms with E-state index in [0.29, 0.717) is 6.04 Å². The van der Waals surface area contributed by atoms with Gasteiger partial charge < -0.3 is 10.1 Å². The number of fused-ring (bicyclic) bond motifs is 1. The predicted octanol–water partition coefficient (Wildman–Crippen LogP) is 2.04. The van der Waals surface area contributed by atoms with E-state index in [1.807, 2.05) is 7.05 Å². The van der Waals surface area contributed by atoms with Gasteiger partial charge in [0.25, 0.3) is 0 Å². The minimum atomic E-state index is 0.237. The maximum Gasteiger partial charge on any atom is 0.0801 e. The van der Waals surface area contributed by atoms with Gasteiger partial charge in [0.2, 0.25) is 0 Å². The molecular weight excluding hydrogens is 162 g/mol. The molecule has 1 aromatic carbocycles. The maximum atomic E-state index is 5.65. The van der Waals surface area contributed by atoms with Crippen LogP contribution in [0.15, 0.2) is 24.3 Å². The monoisotopic (exact) mass is 177 g/mol. The predicted molar refractivity (Wildman–Crippen MR) is 52.6 cm³/mol. The van der Waals surface area contributed by atoms with Gasteiger partial charge in [-0.15, -0.1) is 0 Å². The summed E-state index contributed by atoms with van der Waals surface area (Å²) < 4.78 is 5.65. The van der Waals surface area contributed by atoms with Crippen molar-refractivity contribution in [2.45, 2.75) is 19.1 Å². The van der Waals surface area contributed by atoms with E-state index >= 15 is 0 Å². The van der Waals surface area contributed by atoms with Gasteiger partial charge in [-0.05, 0) is 25.1 Å². The number of rotatable bonds is 1. The van der Waals surface area contributed by atoms with Crippen molar-refractivity contribution >= 4 is 0 Å². The molecule has 1 aliphatic heterocycles. The zero-order chi connectivity index (χ0) is 9.26. The van der Waals surface area contributed by atoms with Gasteiger partial charge in [-0.2, -0.15) is 0 Å². The summed E-state index contributed by atoms with van der Waals surface area (Å²) in [5.74, 6) is 0. The van der Waals surface area contributed by atoms with E-state index in [-0.39, 0.29) is 6.10 Å². The highest BCUT2D eigenvalue weighted by Crippen LogP contribution is 2.31. The molecule has 0 bridgehead atoms. The van der Waals surface area contributed by atoms with Crippen molar-refractivity contribution in [3.05, 3.63) is 35.4 Å². The van der Waals surface area contributed by atoms with Crippen molar-refractivity contribution < 1.29 is 4.74 Å². The Morgan fingerprint density at radius 2 is 2.00 bits per heavy atom. The lowest BCUT2D eigenvalue weighted by Crippen LogP contribution is -2.28. The number of nitrogens with one attached hydrogen (secondary N) is 1. The largest absolute Gasteiger partial charge is 0.372 e. The highest BCUT2D eigenvalue weighted by atomic mass is 16.5. The van der Waals surface area contributed by atoms with Gasteiger partial charge in [-0.1, -0.05) is 24.3 Å². The molecule has 1 heterocycles. The van der Waals surface area contributed by atoms with E-state index in [0.717, 1.165) is 6.61 Å². The van der Waals surface area contributed by atoms with E-state index in [9.17, 15) is 0 Å². The van der Waals surface area contributed by atoms with Crippen molar-refractivity contribution in [3.8, 4) is 0 Å². The van der Waals surface area contributed by atoms with Gasteiger partial charge in [-0.25, -0.2) is 0 Å². The molecule has 0 amide bonds. The second-order valence-corrected chi connectivity index (χ2v) is 3.45. The Balaban J connectivity index is 2.42. The van der Waals surface area contributed by atoms with Gasteiger partial charge in [0.05, 0.1) is 18.8 Å². The third-order valence-corrected chi connectivity index (χ3v) is 2.67. The van der Waals surface area contributed by atoms with Crippen LogP contribution in [0.3, 0.4) is 0 Å². The Hall–Kier alpha value is -0.860. The SMILES string of the molecule is CN[C@@H]1CO[C@@H](C)c2ccccc21. The van der Waals surface area contributed by atoms with Gasteiger partial charge in [0.15, 0.2) is 0 Å². The Kier molecular flexibility index (Phi) is 2.34. The van der Waals surface area contributed by atoms with Crippen LogP contribution >= 0.6 is 0 Å². The molecule has 1 aliphatic rings. The maximum absolute atomic E-state index is 5.65. The summed E-state index contributed by atoms with van der Waals surface area (Å²) in [4.78, 5) is 0. The molecule has 2 nitrogen and oxygen atoms in total. The molecule has 1 aromatic rings. The molecule has 1 N–H and O–H groups in total. The summed E-state index contributed by atoms with van der Waals surface area (Å²) in [7, 11) is 1.97. The molecule has 0 radical (unpaired) electrons. The average Bonchev–Trinajstić information content (AvgIpc) is 2.19. The average molecular weight is 177 g/mol. The molecular formula is C11H15NO. The van der Waals surface area contributed by atoms with Crippen molar-refractivity contribution in [1.29, 1.82) is 0 Å². The number of hydrogen-bond acceptors (Lipinski definition) is 2. The summed E-state index contributed by atoms with van der Waals surface area (Å²) in [6.07, 6.45) is 0.237. The van der Waals surface area contributed by atoms with Crippen LogP contribution in [0.2, 0.25) is 0 Å². The van der Waals surface area contributed by atoms with Crippen LogP contribution in [0, 0.1) is 0 Å². The highest BCUT2D eigenvalue weighted by Gasteiger charge is 2.23. The second-order valence-electron chi connectivity index (χ2n) is 3.45. The molecule has 2 rings (SSSR count). The quantitative estimate of drug-likeness (QED) is 0.708. The van der Waals surface area contributed by atoms with Gasteiger partial charge >= 0.3 is 0 Å².